The number of hydrogen-bond acceptors (Lipinski definition) is 7. The summed E-state index contributed by atoms with van der Waals surface area (Å²) in [5, 5.41) is 2.61. The molecule has 0 aliphatic carbocycles. The zero-order valence-corrected chi connectivity index (χ0v) is 11.5. The van der Waals surface area contributed by atoms with Gasteiger partial charge in [0.15, 0.2) is 18.5 Å². The first-order valence-electron chi connectivity index (χ1n) is 6.27. The number of carbonyl (C=O) groups is 3. The number of rotatable bonds is 3. The van der Waals surface area contributed by atoms with Gasteiger partial charge in [0.25, 0.3) is 0 Å². The highest BCUT2D eigenvalue weighted by Gasteiger charge is 2.54. The fourth-order valence-corrected chi connectivity index (χ4v) is 2.42. The van der Waals surface area contributed by atoms with Crippen LogP contribution in [0.5, 0.6) is 0 Å². The van der Waals surface area contributed by atoms with Crippen molar-refractivity contribution in [2.24, 2.45) is 0 Å². The Hall–Kier alpha value is -1.67. The van der Waals surface area contributed by atoms with Crippen LogP contribution in [0.1, 0.15) is 20.8 Å². The molecule has 2 aliphatic rings. The Morgan fingerprint density at radius 1 is 1.05 bits per heavy atom. The van der Waals surface area contributed by atoms with Crippen molar-refractivity contribution in [3.8, 4) is 0 Å². The molecular formula is C12H17NO7. The summed E-state index contributed by atoms with van der Waals surface area (Å²) >= 11 is 0. The summed E-state index contributed by atoms with van der Waals surface area (Å²) in [6, 6.07) is -0.723. The van der Waals surface area contributed by atoms with Gasteiger partial charge in [-0.25, -0.2) is 0 Å². The number of hydrogen-bond donors (Lipinski definition) is 1. The van der Waals surface area contributed by atoms with Crippen LogP contribution in [0.25, 0.3) is 0 Å². The van der Waals surface area contributed by atoms with Crippen molar-refractivity contribution in [1.82, 2.24) is 5.32 Å². The lowest BCUT2D eigenvalue weighted by Gasteiger charge is -2.39. The topological polar surface area (TPSA) is 100 Å². The van der Waals surface area contributed by atoms with Gasteiger partial charge in [0.1, 0.15) is 12.1 Å². The van der Waals surface area contributed by atoms with E-state index in [0.29, 0.717) is 0 Å². The van der Waals surface area contributed by atoms with Crippen LogP contribution >= 0.6 is 0 Å². The molecule has 2 saturated heterocycles. The molecule has 0 aromatic rings. The molecule has 8 heteroatoms. The van der Waals surface area contributed by atoms with E-state index in [4.69, 9.17) is 18.9 Å². The number of fused-ring (bicyclic) bond motifs is 2. The van der Waals surface area contributed by atoms with E-state index in [1.165, 1.54) is 20.8 Å². The number of carbonyl (C=O) groups excluding carboxylic acids is 3. The standard InChI is InChI=1S/C12H17NO7/c1-5(14)13-9-11(19-7(3)16)10(18-6(2)15)8-4-17-12(9)20-8/h8-12H,4H2,1-3H3,(H,13,14)/t8?,9?,10-,11-,12-/m1/s1. The highest BCUT2D eigenvalue weighted by Crippen LogP contribution is 2.32. The molecule has 2 fully saturated rings. The number of amides is 1. The van der Waals surface area contributed by atoms with Crippen molar-refractivity contribution in [3.63, 3.8) is 0 Å². The molecule has 1 N–H and O–H groups in total. The highest BCUT2D eigenvalue weighted by molar-refractivity contribution is 5.73. The van der Waals surface area contributed by atoms with Gasteiger partial charge in [-0.15, -0.1) is 0 Å². The van der Waals surface area contributed by atoms with Crippen LogP contribution in [0.2, 0.25) is 0 Å². The Labute approximate surface area is 115 Å². The van der Waals surface area contributed by atoms with Gasteiger partial charge >= 0.3 is 11.9 Å². The lowest BCUT2D eigenvalue weighted by atomic mass is 9.98. The van der Waals surface area contributed by atoms with Crippen molar-refractivity contribution in [3.05, 3.63) is 0 Å². The Morgan fingerprint density at radius 2 is 1.65 bits per heavy atom. The quantitative estimate of drug-likeness (QED) is 0.672. The summed E-state index contributed by atoms with van der Waals surface area (Å²) in [5.74, 6) is -1.39. The highest BCUT2D eigenvalue weighted by atomic mass is 16.7. The molecular weight excluding hydrogens is 270 g/mol. The van der Waals surface area contributed by atoms with Crippen LogP contribution in [0.3, 0.4) is 0 Å². The zero-order chi connectivity index (χ0) is 14.9. The van der Waals surface area contributed by atoms with Gasteiger partial charge in [0.05, 0.1) is 6.61 Å². The Bertz CT molecular complexity index is 394. The molecule has 0 spiro atoms. The molecule has 112 valence electrons. The summed E-state index contributed by atoms with van der Waals surface area (Å²) < 4.78 is 21.3. The molecule has 0 saturated carbocycles. The van der Waals surface area contributed by atoms with E-state index in [0.717, 1.165) is 0 Å². The van der Waals surface area contributed by atoms with Crippen molar-refractivity contribution < 1.29 is 33.3 Å². The minimum atomic E-state index is -0.841. The van der Waals surface area contributed by atoms with Gasteiger partial charge in [0, 0.05) is 20.8 Å². The Kier molecular flexibility index (Phi) is 4.24. The average molecular weight is 287 g/mol. The monoisotopic (exact) mass is 287 g/mol. The minimum Gasteiger partial charge on any atom is -0.456 e. The van der Waals surface area contributed by atoms with Gasteiger partial charge in [-0.1, -0.05) is 0 Å². The summed E-state index contributed by atoms with van der Waals surface area (Å²) in [4.78, 5) is 33.7. The van der Waals surface area contributed by atoms with E-state index in [1.807, 2.05) is 0 Å². The second kappa shape index (κ2) is 5.76. The molecule has 1 amide bonds. The fourth-order valence-electron chi connectivity index (χ4n) is 2.42. The molecule has 0 radical (unpaired) electrons. The van der Waals surface area contributed by atoms with Gasteiger partial charge in [-0.3, -0.25) is 14.4 Å². The molecule has 2 heterocycles. The smallest absolute Gasteiger partial charge is 0.303 e. The maximum absolute atomic E-state index is 11.3. The summed E-state index contributed by atoms with van der Waals surface area (Å²) in [5.41, 5.74) is 0. The Morgan fingerprint density at radius 3 is 2.20 bits per heavy atom. The fraction of sp³-hybridized carbons (Fsp3) is 0.750. The number of nitrogens with one attached hydrogen (secondary N) is 1. The zero-order valence-electron chi connectivity index (χ0n) is 11.5. The third-order valence-corrected chi connectivity index (χ3v) is 3.05. The van der Waals surface area contributed by atoms with Gasteiger partial charge in [0.2, 0.25) is 5.91 Å². The average Bonchev–Trinajstić information content (AvgIpc) is 2.74. The molecule has 2 rings (SSSR count). The summed E-state index contributed by atoms with van der Waals surface area (Å²) in [7, 11) is 0. The van der Waals surface area contributed by atoms with Gasteiger partial charge in [-0.05, 0) is 0 Å². The van der Waals surface area contributed by atoms with Gasteiger partial charge in [-0.2, -0.15) is 0 Å². The largest absolute Gasteiger partial charge is 0.456 e. The SMILES string of the molecule is CC(=O)NC1[C@@H]2OCC(O2)[C@@H](OC(C)=O)[C@@H]1OC(C)=O. The number of esters is 2. The van der Waals surface area contributed by atoms with E-state index in [2.05, 4.69) is 5.32 Å². The lowest BCUT2D eigenvalue weighted by molar-refractivity contribution is -0.214. The maximum Gasteiger partial charge on any atom is 0.303 e. The van der Waals surface area contributed by atoms with Crippen molar-refractivity contribution in [2.75, 3.05) is 6.61 Å². The van der Waals surface area contributed by atoms with Crippen molar-refractivity contribution in [2.45, 2.75) is 51.4 Å². The second-order valence-corrected chi connectivity index (χ2v) is 4.75. The molecule has 5 atom stereocenters. The molecule has 0 aromatic carbocycles. The maximum atomic E-state index is 11.3. The van der Waals surface area contributed by atoms with Crippen LogP contribution in [0, 0.1) is 0 Å². The molecule has 2 aliphatic heterocycles. The first-order valence-corrected chi connectivity index (χ1v) is 6.27. The van der Waals surface area contributed by atoms with Crippen molar-refractivity contribution >= 4 is 17.8 Å². The van der Waals surface area contributed by atoms with Crippen LogP contribution in [-0.4, -0.2) is 55.1 Å². The van der Waals surface area contributed by atoms with Crippen LogP contribution in [-0.2, 0) is 33.3 Å². The molecule has 2 unspecified atom stereocenters. The first-order chi connectivity index (χ1) is 9.38. The lowest BCUT2D eigenvalue weighted by Crippen LogP contribution is -2.62. The summed E-state index contributed by atoms with van der Waals surface area (Å²) in [6.45, 7) is 4.02. The molecule has 8 nitrogen and oxygen atoms in total. The third-order valence-electron chi connectivity index (χ3n) is 3.05. The van der Waals surface area contributed by atoms with Crippen LogP contribution in [0.15, 0.2) is 0 Å². The molecule has 20 heavy (non-hydrogen) atoms. The van der Waals surface area contributed by atoms with E-state index in [9.17, 15) is 14.4 Å². The normalized spacial score (nSPS) is 35.2. The Balaban J connectivity index is 2.24. The molecule has 2 bridgehead atoms. The van der Waals surface area contributed by atoms with E-state index >= 15 is 0 Å². The van der Waals surface area contributed by atoms with E-state index < -0.39 is 42.6 Å². The first kappa shape index (κ1) is 14.7. The second-order valence-electron chi connectivity index (χ2n) is 4.75. The predicted octanol–water partition coefficient (Wildman–Crippen LogP) is -0.890. The molecule has 0 aromatic heterocycles. The summed E-state index contributed by atoms with van der Waals surface area (Å²) in [6.07, 6.45) is -2.89. The minimum absolute atomic E-state index is 0.205. The van der Waals surface area contributed by atoms with Crippen molar-refractivity contribution in [1.29, 1.82) is 0 Å². The third kappa shape index (κ3) is 3.07. The number of ether oxygens (including phenoxy) is 4. The predicted molar refractivity (Wildman–Crippen MR) is 63.3 cm³/mol. The van der Waals surface area contributed by atoms with Crippen LogP contribution < -0.4 is 5.32 Å². The van der Waals surface area contributed by atoms with Gasteiger partial charge < -0.3 is 24.3 Å². The van der Waals surface area contributed by atoms with E-state index in [1.54, 1.807) is 0 Å². The van der Waals surface area contributed by atoms with Crippen LogP contribution in [0.4, 0.5) is 0 Å². The van der Waals surface area contributed by atoms with E-state index in [-0.39, 0.29) is 12.5 Å².